The number of allylic oxidation sites excluding steroid dienone is 1. The fraction of sp³-hybridized carbons (Fsp3) is 0.290. The van der Waals surface area contributed by atoms with Crippen molar-refractivity contribution in [1.29, 1.82) is 0 Å². The number of benzene rings is 7. The van der Waals surface area contributed by atoms with Crippen LogP contribution in [0, 0.1) is 0 Å². The summed E-state index contributed by atoms with van der Waals surface area (Å²) in [5.41, 5.74) is 27.0. The van der Waals surface area contributed by atoms with Crippen LogP contribution in [0.25, 0.3) is 38.9 Å². The predicted octanol–water partition coefficient (Wildman–Crippen LogP) is 14.7. The molecule has 320 valence electrons. The molecule has 7 aromatic carbocycles. The van der Waals surface area contributed by atoms with E-state index in [1.165, 1.54) is 131 Å². The highest BCUT2D eigenvalue weighted by Gasteiger charge is 2.63. The van der Waals surface area contributed by atoms with E-state index in [9.17, 15) is 0 Å². The van der Waals surface area contributed by atoms with Crippen LogP contribution in [-0.2, 0) is 21.7 Å². The number of hydrogen-bond donors (Lipinski definition) is 0. The van der Waals surface area contributed by atoms with E-state index in [4.69, 9.17) is 0 Å². The maximum Gasteiger partial charge on any atom is 0.252 e. The Morgan fingerprint density at radius 2 is 1.08 bits per heavy atom. The minimum absolute atomic E-state index is 0.00839. The van der Waals surface area contributed by atoms with Gasteiger partial charge >= 0.3 is 0 Å². The van der Waals surface area contributed by atoms with Crippen LogP contribution < -0.4 is 20.7 Å². The van der Waals surface area contributed by atoms with E-state index in [1.54, 1.807) is 0 Å². The molecule has 1 fully saturated rings. The average molecular weight is 843 g/mol. The topological polar surface area (TPSA) is 6.48 Å². The van der Waals surface area contributed by atoms with E-state index in [0.717, 1.165) is 6.42 Å². The molecule has 4 heterocycles. The Kier molecular flexibility index (Phi) is 7.77. The van der Waals surface area contributed by atoms with Crippen LogP contribution in [0.3, 0.4) is 0 Å². The van der Waals surface area contributed by atoms with E-state index in [0.29, 0.717) is 0 Å². The van der Waals surface area contributed by atoms with Gasteiger partial charge in [0.1, 0.15) is 0 Å². The van der Waals surface area contributed by atoms with Gasteiger partial charge in [-0.2, -0.15) is 0 Å². The lowest BCUT2D eigenvalue weighted by molar-refractivity contribution is 0.195. The molecule has 0 aromatic heterocycles. The fourth-order valence-corrected chi connectivity index (χ4v) is 13.8. The smallest absolute Gasteiger partial charge is 0.252 e. The second-order valence-corrected chi connectivity index (χ2v) is 23.0. The van der Waals surface area contributed by atoms with E-state index in [2.05, 4.69) is 218 Å². The molecule has 0 N–H and O–H groups in total. The van der Waals surface area contributed by atoms with Gasteiger partial charge in [0.05, 0.1) is 16.6 Å². The monoisotopic (exact) mass is 842 g/mol. The van der Waals surface area contributed by atoms with Crippen LogP contribution in [0.5, 0.6) is 0 Å². The summed E-state index contributed by atoms with van der Waals surface area (Å²) in [7, 11) is 0. The van der Waals surface area contributed by atoms with Crippen LogP contribution in [0.2, 0.25) is 0 Å². The second-order valence-electron chi connectivity index (χ2n) is 23.0. The zero-order valence-corrected chi connectivity index (χ0v) is 39.7. The van der Waals surface area contributed by atoms with E-state index < -0.39 is 5.41 Å². The highest BCUT2D eigenvalue weighted by atomic mass is 15.3. The maximum atomic E-state index is 2.91. The van der Waals surface area contributed by atoms with Gasteiger partial charge in [-0.25, -0.2) is 0 Å². The Morgan fingerprint density at radius 3 is 1.77 bits per heavy atom. The quantitative estimate of drug-likeness (QED) is 0.160. The zero-order chi connectivity index (χ0) is 44.6. The summed E-state index contributed by atoms with van der Waals surface area (Å²) >= 11 is 0. The minimum atomic E-state index is -0.442. The molecule has 13 rings (SSSR count). The lowest BCUT2D eigenvalue weighted by Gasteiger charge is -2.53. The maximum absolute atomic E-state index is 2.91. The molecule has 3 unspecified atom stereocenters. The van der Waals surface area contributed by atoms with Crippen molar-refractivity contribution >= 4 is 45.9 Å². The number of nitrogens with zero attached hydrogens (tertiary/aromatic N) is 2. The van der Waals surface area contributed by atoms with Crippen molar-refractivity contribution in [3.63, 3.8) is 0 Å². The molecule has 2 nitrogen and oxygen atoms in total. The number of anilines is 4. The normalized spacial score (nSPS) is 22.9. The van der Waals surface area contributed by atoms with Gasteiger partial charge in [-0.1, -0.05) is 177 Å². The number of hydrogen-bond acceptors (Lipinski definition) is 2. The van der Waals surface area contributed by atoms with Crippen LogP contribution in [0.4, 0.5) is 22.7 Å². The zero-order valence-electron chi connectivity index (χ0n) is 39.7. The predicted molar refractivity (Wildman–Crippen MR) is 276 cm³/mol. The molecule has 65 heavy (non-hydrogen) atoms. The van der Waals surface area contributed by atoms with Crippen molar-refractivity contribution in [2.24, 2.45) is 0 Å². The first-order chi connectivity index (χ1) is 31.1. The summed E-state index contributed by atoms with van der Waals surface area (Å²) < 4.78 is 0. The van der Waals surface area contributed by atoms with Gasteiger partial charge in [0, 0.05) is 33.7 Å². The van der Waals surface area contributed by atoms with Crippen molar-refractivity contribution in [3.05, 3.63) is 185 Å². The summed E-state index contributed by atoms with van der Waals surface area (Å²) in [4.78, 5) is 5.71. The van der Waals surface area contributed by atoms with Crippen molar-refractivity contribution in [1.82, 2.24) is 0 Å². The van der Waals surface area contributed by atoms with Gasteiger partial charge in [0.25, 0.3) is 6.71 Å². The first-order valence-electron chi connectivity index (χ1n) is 24.3. The van der Waals surface area contributed by atoms with Crippen molar-refractivity contribution in [3.8, 4) is 33.4 Å². The molecule has 3 heteroatoms. The van der Waals surface area contributed by atoms with Gasteiger partial charge in [0.2, 0.25) is 0 Å². The molecule has 4 aliphatic heterocycles. The van der Waals surface area contributed by atoms with Crippen molar-refractivity contribution in [2.45, 2.75) is 115 Å². The Labute approximate surface area is 387 Å². The summed E-state index contributed by atoms with van der Waals surface area (Å²) in [6, 6.07) is 57.3. The average Bonchev–Trinajstić information content (AvgIpc) is 3.65. The Morgan fingerprint density at radius 1 is 0.492 bits per heavy atom. The molecule has 6 aliphatic rings. The molecule has 1 saturated carbocycles. The summed E-state index contributed by atoms with van der Waals surface area (Å²) in [5.74, 6) is 0. The van der Waals surface area contributed by atoms with Gasteiger partial charge in [-0.3, -0.25) is 0 Å². The Balaban J connectivity index is 1.25. The second kappa shape index (κ2) is 12.8. The third-order valence-electron chi connectivity index (χ3n) is 17.5. The van der Waals surface area contributed by atoms with Crippen LogP contribution >= 0.6 is 0 Å². The van der Waals surface area contributed by atoms with Crippen LogP contribution in [0.15, 0.2) is 151 Å². The molecule has 2 aliphatic carbocycles. The highest BCUT2D eigenvalue weighted by molar-refractivity contribution is 7.03. The first kappa shape index (κ1) is 39.3. The molecule has 7 aromatic rings. The van der Waals surface area contributed by atoms with E-state index in [-0.39, 0.29) is 28.5 Å². The molecular weight excluding hydrogens is 784 g/mol. The first-order valence-corrected chi connectivity index (χ1v) is 24.3. The lowest BCUT2D eigenvalue weighted by atomic mass is 9.32. The third-order valence-corrected chi connectivity index (χ3v) is 17.5. The molecule has 0 saturated heterocycles. The lowest BCUT2D eigenvalue weighted by Crippen LogP contribution is -2.61. The summed E-state index contributed by atoms with van der Waals surface area (Å²) in [5, 5.41) is 0. The van der Waals surface area contributed by atoms with Gasteiger partial charge in [-0.15, -0.1) is 0 Å². The highest BCUT2D eigenvalue weighted by Crippen LogP contribution is 2.66. The van der Waals surface area contributed by atoms with Crippen molar-refractivity contribution in [2.75, 3.05) is 9.80 Å². The fourth-order valence-electron chi connectivity index (χ4n) is 13.8. The molecule has 0 amide bonds. The Hall–Kier alpha value is -6.06. The summed E-state index contributed by atoms with van der Waals surface area (Å²) in [6.45, 7) is 22.0. The molecule has 0 spiro atoms. The van der Waals surface area contributed by atoms with Gasteiger partial charge in [0.15, 0.2) is 0 Å². The van der Waals surface area contributed by atoms with Crippen molar-refractivity contribution < 1.29 is 0 Å². The number of fused-ring (bicyclic) bond motifs is 15. The third kappa shape index (κ3) is 4.97. The van der Waals surface area contributed by atoms with Crippen LogP contribution in [-0.4, -0.2) is 12.3 Å². The molecule has 3 atom stereocenters. The molecule has 0 radical (unpaired) electrons. The van der Waals surface area contributed by atoms with Gasteiger partial charge < -0.3 is 9.80 Å². The van der Waals surface area contributed by atoms with Crippen LogP contribution in [0.1, 0.15) is 121 Å². The minimum Gasteiger partial charge on any atom is -0.335 e. The summed E-state index contributed by atoms with van der Waals surface area (Å²) in [6.07, 6.45) is 4.85. The molecule has 0 bridgehead atoms. The van der Waals surface area contributed by atoms with E-state index >= 15 is 0 Å². The Bertz CT molecular complexity index is 3240. The van der Waals surface area contributed by atoms with E-state index in [1.807, 2.05) is 0 Å². The largest absolute Gasteiger partial charge is 0.335 e. The standard InChI is InChI=1S/C62H59BN2/c1-58(2,3)42-26-28-48-46(37-42)54-57-62(48,9)47-25-17-16-24-44(47)45-36-43(59(4,5)6)27-29-51(45)64(57)52-34-41(39-22-14-11-15-23-39)35-53-55(52)63(54)50-33-40(38-20-12-10-13-21-38)32-49-56(50)65(53)61(8)31-19-18-30-60(49,61)7/h10-17,20-29,32-37H,18-19,30-31H2,1-9H3. The number of rotatable bonds is 2. The molecular formula is C62H59BN2. The van der Waals surface area contributed by atoms with Gasteiger partial charge in [-0.05, 0) is 145 Å². The SMILES string of the molecule is CC(C)(C)c1ccc2c(c1)C1=C3N(c4ccc(C(C)(C)C)cc4-c4ccccc4C32C)c2cc(-c3ccccc3)cc3c2B1c1cc(-c2ccccc2)cc2c1N3C1(C)CCCCC21C.